The fourth-order valence-corrected chi connectivity index (χ4v) is 2.50. The van der Waals surface area contributed by atoms with Gasteiger partial charge in [-0.25, -0.2) is 0 Å². The van der Waals surface area contributed by atoms with Crippen molar-refractivity contribution < 1.29 is 9.90 Å². The highest BCUT2D eigenvalue weighted by atomic mass is 16.4. The average molecular weight is 298 g/mol. The Morgan fingerprint density at radius 1 is 1.00 bits per heavy atom. The first-order valence-corrected chi connectivity index (χ1v) is 7.23. The molecule has 0 aliphatic heterocycles. The van der Waals surface area contributed by atoms with Crippen molar-refractivity contribution in [1.82, 2.24) is 4.90 Å². The molecule has 0 saturated heterocycles. The van der Waals surface area contributed by atoms with Crippen LogP contribution in [0.2, 0.25) is 0 Å². The van der Waals surface area contributed by atoms with Gasteiger partial charge in [0, 0.05) is 26.3 Å². The summed E-state index contributed by atoms with van der Waals surface area (Å²) in [5.41, 5.74) is 2.94. The van der Waals surface area contributed by atoms with Crippen molar-refractivity contribution in [3.8, 4) is 0 Å². The number of carboxylic acid groups (broad SMARTS) is 1. The molecule has 1 N–H and O–H groups in total. The van der Waals surface area contributed by atoms with E-state index in [0.717, 1.165) is 16.8 Å². The van der Waals surface area contributed by atoms with E-state index in [1.54, 1.807) is 0 Å². The van der Waals surface area contributed by atoms with Crippen molar-refractivity contribution in [2.45, 2.75) is 12.6 Å². The Hall–Kier alpha value is -2.33. The van der Waals surface area contributed by atoms with Crippen molar-refractivity contribution in [3.05, 3.63) is 65.7 Å². The number of benzene rings is 2. The molecule has 4 heteroatoms. The summed E-state index contributed by atoms with van der Waals surface area (Å²) in [6.07, 6.45) is 0. The summed E-state index contributed by atoms with van der Waals surface area (Å²) in [4.78, 5) is 15.5. The van der Waals surface area contributed by atoms with Crippen LogP contribution in [0.5, 0.6) is 0 Å². The third-order valence-corrected chi connectivity index (χ3v) is 3.67. The molecule has 0 radical (unpaired) electrons. The van der Waals surface area contributed by atoms with Gasteiger partial charge in [-0.2, -0.15) is 0 Å². The Balaban J connectivity index is 2.20. The summed E-state index contributed by atoms with van der Waals surface area (Å²) in [5.74, 6) is -0.837. The maximum Gasteiger partial charge on any atom is 0.325 e. The number of anilines is 1. The number of aliphatic carboxylic acids is 1. The first-order valence-electron chi connectivity index (χ1n) is 7.23. The number of likely N-dealkylation sites (N-methyl/N-ethyl adjacent to an activating group) is 1. The molecule has 0 aromatic heterocycles. The number of carbonyl (C=O) groups is 1. The van der Waals surface area contributed by atoms with E-state index in [0.29, 0.717) is 6.54 Å². The fourth-order valence-electron chi connectivity index (χ4n) is 2.50. The average Bonchev–Trinajstić information content (AvgIpc) is 2.48. The van der Waals surface area contributed by atoms with Crippen LogP contribution in [-0.2, 0) is 11.3 Å². The zero-order valence-electron chi connectivity index (χ0n) is 13.2. The molecule has 0 aliphatic rings. The summed E-state index contributed by atoms with van der Waals surface area (Å²) < 4.78 is 0. The molecule has 2 rings (SSSR count). The molecule has 0 spiro atoms. The third-order valence-electron chi connectivity index (χ3n) is 3.67. The number of hydrogen-bond acceptors (Lipinski definition) is 3. The zero-order chi connectivity index (χ0) is 16.1. The molecule has 0 fully saturated rings. The lowest BCUT2D eigenvalue weighted by Crippen LogP contribution is -2.30. The lowest BCUT2D eigenvalue weighted by molar-refractivity contribution is -0.143. The zero-order valence-corrected chi connectivity index (χ0v) is 13.2. The molecule has 116 valence electrons. The minimum Gasteiger partial charge on any atom is -0.480 e. The van der Waals surface area contributed by atoms with E-state index in [-0.39, 0.29) is 0 Å². The molecular formula is C18H22N2O2. The number of nitrogens with zero attached hydrogens (tertiary/aromatic N) is 2. The van der Waals surface area contributed by atoms with Crippen LogP contribution in [-0.4, -0.2) is 37.1 Å². The van der Waals surface area contributed by atoms with Crippen molar-refractivity contribution in [1.29, 1.82) is 0 Å². The van der Waals surface area contributed by atoms with Gasteiger partial charge in [0.15, 0.2) is 0 Å². The van der Waals surface area contributed by atoms with Crippen LogP contribution < -0.4 is 4.90 Å². The van der Waals surface area contributed by atoms with E-state index in [2.05, 4.69) is 0 Å². The van der Waals surface area contributed by atoms with Crippen LogP contribution in [0, 0.1) is 0 Å². The normalized spacial score (nSPS) is 12.2. The van der Waals surface area contributed by atoms with Crippen LogP contribution in [0.25, 0.3) is 0 Å². The lowest BCUT2D eigenvalue weighted by Gasteiger charge is -2.25. The Bertz CT molecular complexity index is 609. The quantitative estimate of drug-likeness (QED) is 0.890. The van der Waals surface area contributed by atoms with Gasteiger partial charge in [-0.05, 0) is 30.3 Å². The van der Waals surface area contributed by atoms with E-state index in [1.165, 1.54) is 0 Å². The molecule has 4 nitrogen and oxygen atoms in total. The van der Waals surface area contributed by atoms with Crippen molar-refractivity contribution >= 4 is 11.7 Å². The van der Waals surface area contributed by atoms with E-state index in [1.807, 2.05) is 85.5 Å². The van der Waals surface area contributed by atoms with Gasteiger partial charge in [-0.1, -0.05) is 42.5 Å². The summed E-state index contributed by atoms with van der Waals surface area (Å²) in [6.45, 7) is 0.591. The predicted octanol–water partition coefficient (Wildman–Crippen LogP) is 3.01. The van der Waals surface area contributed by atoms with Gasteiger partial charge in [-0.3, -0.25) is 9.69 Å². The highest BCUT2D eigenvalue weighted by Gasteiger charge is 2.24. The number of rotatable bonds is 6. The second kappa shape index (κ2) is 7.09. The summed E-state index contributed by atoms with van der Waals surface area (Å²) >= 11 is 0. The molecule has 22 heavy (non-hydrogen) atoms. The molecule has 2 aromatic rings. The van der Waals surface area contributed by atoms with Crippen LogP contribution in [0.4, 0.5) is 5.69 Å². The molecule has 2 aromatic carbocycles. The molecule has 1 unspecified atom stereocenters. The van der Waals surface area contributed by atoms with Gasteiger partial charge in [0.25, 0.3) is 0 Å². The minimum absolute atomic E-state index is 0.591. The number of carboxylic acids is 1. The first kappa shape index (κ1) is 16.0. The highest BCUT2D eigenvalue weighted by molar-refractivity contribution is 5.75. The van der Waals surface area contributed by atoms with E-state index >= 15 is 0 Å². The van der Waals surface area contributed by atoms with Gasteiger partial charge in [-0.15, -0.1) is 0 Å². The second-order valence-corrected chi connectivity index (χ2v) is 5.63. The standard InChI is InChI=1S/C18H22N2O2/c1-19(2)16-11-9-15(10-12-16)17(18(21)22)20(3)13-14-7-5-4-6-8-14/h4-12,17H,13H2,1-3H3,(H,21,22). The Morgan fingerprint density at radius 3 is 2.09 bits per heavy atom. The summed E-state index contributed by atoms with van der Waals surface area (Å²) in [6, 6.07) is 16.9. The van der Waals surface area contributed by atoms with Crippen molar-refractivity contribution in [3.63, 3.8) is 0 Å². The Morgan fingerprint density at radius 2 is 1.59 bits per heavy atom. The van der Waals surface area contributed by atoms with Crippen LogP contribution in [0.15, 0.2) is 54.6 Å². The summed E-state index contributed by atoms with van der Waals surface area (Å²) in [7, 11) is 5.77. The molecule has 0 bridgehead atoms. The van der Waals surface area contributed by atoms with Crippen LogP contribution in [0.1, 0.15) is 17.2 Å². The third kappa shape index (κ3) is 3.86. The largest absolute Gasteiger partial charge is 0.480 e. The van der Waals surface area contributed by atoms with E-state index < -0.39 is 12.0 Å². The van der Waals surface area contributed by atoms with Crippen molar-refractivity contribution in [2.24, 2.45) is 0 Å². The molecule has 0 heterocycles. The van der Waals surface area contributed by atoms with Crippen LogP contribution >= 0.6 is 0 Å². The van der Waals surface area contributed by atoms with Gasteiger partial charge in [0.05, 0.1) is 0 Å². The first-order chi connectivity index (χ1) is 10.5. The van der Waals surface area contributed by atoms with E-state index in [4.69, 9.17) is 0 Å². The SMILES string of the molecule is CN(C)c1ccc(C(C(=O)O)N(C)Cc2ccccc2)cc1. The molecule has 0 aliphatic carbocycles. The maximum absolute atomic E-state index is 11.7. The van der Waals surface area contributed by atoms with Gasteiger partial charge in [0.1, 0.15) is 6.04 Å². The molecule has 0 saturated carbocycles. The van der Waals surface area contributed by atoms with Crippen LogP contribution in [0.3, 0.4) is 0 Å². The molecular weight excluding hydrogens is 276 g/mol. The summed E-state index contributed by atoms with van der Waals surface area (Å²) in [5, 5.41) is 9.60. The van der Waals surface area contributed by atoms with Gasteiger partial charge in [0.2, 0.25) is 0 Å². The fraction of sp³-hybridized carbons (Fsp3) is 0.278. The van der Waals surface area contributed by atoms with E-state index in [9.17, 15) is 9.90 Å². The number of hydrogen-bond donors (Lipinski definition) is 1. The van der Waals surface area contributed by atoms with Gasteiger partial charge >= 0.3 is 5.97 Å². The highest BCUT2D eigenvalue weighted by Crippen LogP contribution is 2.24. The smallest absolute Gasteiger partial charge is 0.325 e. The minimum atomic E-state index is -0.837. The molecule has 1 atom stereocenters. The van der Waals surface area contributed by atoms with Gasteiger partial charge < -0.3 is 10.0 Å². The monoisotopic (exact) mass is 298 g/mol. The molecule has 0 amide bonds. The Kier molecular flexibility index (Phi) is 5.17. The van der Waals surface area contributed by atoms with Crippen molar-refractivity contribution in [2.75, 3.05) is 26.0 Å². The topological polar surface area (TPSA) is 43.8 Å². The lowest BCUT2D eigenvalue weighted by atomic mass is 10.0. The second-order valence-electron chi connectivity index (χ2n) is 5.63. The Labute approximate surface area is 131 Å². The maximum atomic E-state index is 11.7. The predicted molar refractivity (Wildman–Crippen MR) is 89.1 cm³/mol.